The molecule has 0 nitrogen and oxygen atoms in total. The number of hydrogen-bond donors (Lipinski definition) is 0. The molecular weight excluding hydrogens is 215 g/mol. The molecule has 15 heavy (non-hydrogen) atoms. The quantitative estimate of drug-likeness (QED) is 0.610. The Hall–Kier alpha value is -0.350. The van der Waals surface area contributed by atoms with Crippen LogP contribution in [0.15, 0.2) is 0 Å². The van der Waals surface area contributed by atoms with Crippen LogP contribution in [0.3, 0.4) is 0 Å². The van der Waals surface area contributed by atoms with Gasteiger partial charge in [-0.25, -0.2) is 8.78 Å². The normalized spacial score (nSPS) is 12.0. The molecule has 0 atom stereocenters. The minimum absolute atomic E-state index is 0.0278. The molecule has 0 aromatic rings. The van der Waals surface area contributed by atoms with E-state index in [1.807, 2.05) is 0 Å². The maximum absolute atomic E-state index is 11.3. The first-order valence-corrected chi connectivity index (χ1v) is 4.89. The Morgan fingerprint density at radius 1 is 0.867 bits per heavy atom. The highest BCUT2D eigenvalue weighted by Gasteiger charge is 2.27. The molecule has 0 aliphatic carbocycles. The van der Waals surface area contributed by atoms with Crippen LogP contribution in [0.4, 0.5) is 22.0 Å². The van der Waals surface area contributed by atoms with Gasteiger partial charge < -0.3 is 0 Å². The first kappa shape index (κ1) is 17.1. The molecule has 0 fully saturated rings. The standard InChI is InChI=1S/C5H9F3.C5H10F2/c1-4(2)3-5(6,7)8;1-4(2)3-5(6)7/h4H,3H2,1-2H3;4-5H,3H2,1-2H3. The molecule has 0 bridgehead atoms. The average molecular weight is 234 g/mol. The third kappa shape index (κ3) is 24.8. The number of rotatable bonds is 3. The average Bonchev–Trinajstić information content (AvgIpc) is 1.76. The van der Waals surface area contributed by atoms with Gasteiger partial charge in [-0.15, -0.1) is 0 Å². The first-order chi connectivity index (χ1) is 6.54. The van der Waals surface area contributed by atoms with Gasteiger partial charge >= 0.3 is 6.18 Å². The third-order valence-corrected chi connectivity index (χ3v) is 1.29. The van der Waals surface area contributed by atoms with Gasteiger partial charge in [0.1, 0.15) is 0 Å². The van der Waals surface area contributed by atoms with Crippen molar-refractivity contribution in [2.75, 3.05) is 0 Å². The minimum Gasteiger partial charge on any atom is -0.211 e. The van der Waals surface area contributed by atoms with Crippen LogP contribution in [0.25, 0.3) is 0 Å². The predicted molar refractivity (Wildman–Crippen MR) is 51.0 cm³/mol. The van der Waals surface area contributed by atoms with Crippen molar-refractivity contribution in [2.45, 2.75) is 53.1 Å². The smallest absolute Gasteiger partial charge is 0.211 e. The van der Waals surface area contributed by atoms with Gasteiger partial charge in [-0.05, 0) is 11.8 Å². The van der Waals surface area contributed by atoms with Crippen molar-refractivity contribution in [1.29, 1.82) is 0 Å². The summed E-state index contributed by atoms with van der Waals surface area (Å²) in [6, 6.07) is 0. The molecule has 0 spiro atoms. The molecule has 0 saturated carbocycles. The van der Waals surface area contributed by atoms with E-state index in [9.17, 15) is 22.0 Å². The largest absolute Gasteiger partial charge is 0.389 e. The van der Waals surface area contributed by atoms with Crippen LogP contribution in [0.5, 0.6) is 0 Å². The van der Waals surface area contributed by atoms with Crippen LogP contribution in [-0.4, -0.2) is 12.6 Å². The molecular formula is C10H19F5. The number of halogens is 5. The second-order valence-corrected chi connectivity index (χ2v) is 4.23. The summed E-state index contributed by atoms with van der Waals surface area (Å²) in [7, 11) is 0. The van der Waals surface area contributed by atoms with Gasteiger partial charge in [0.15, 0.2) is 0 Å². The van der Waals surface area contributed by atoms with E-state index in [1.165, 1.54) is 0 Å². The maximum atomic E-state index is 11.3. The second kappa shape index (κ2) is 7.88. The Bertz CT molecular complexity index is 131. The van der Waals surface area contributed by atoms with E-state index >= 15 is 0 Å². The molecule has 0 rings (SSSR count). The van der Waals surface area contributed by atoms with Crippen LogP contribution in [0.1, 0.15) is 40.5 Å². The molecule has 0 heterocycles. The first-order valence-electron chi connectivity index (χ1n) is 4.89. The zero-order valence-corrected chi connectivity index (χ0v) is 9.54. The van der Waals surface area contributed by atoms with E-state index in [2.05, 4.69) is 0 Å². The zero-order valence-electron chi connectivity index (χ0n) is 9.54. The van der Waals surface area contributed by atoms with Crippen molar-refractivity contribution in [1.82, 2.24) is 0 Å². The molecule has 0 aromatic carbocycles. The molecule has 0 N–H and O–H groups in total. The lowest BCUT2D eigenvalue weighted by Gasteiger charge is -2.07. The lowest BCUT2D eigenvalue weighted by Crippen LogP contribution is -2.10. The maximum Gasteiger partial charge on any atom is 0.389 e. The van der Waals surface area contributed by atoms with Crippen LogP contribution in [0, 0.1) is 11.8 Å². The zero-order chi connectivity index (χ0) is 12.6. The van der Waals surface area contributed by atoms with Gasteiger partial charge in [0, 0.05) is 12.8 Å². The summed E-state index contributed by atoms with van der Waals surface area (Å²) < 4.78 is 56.5. The summed E-state index contributed by atoms with van der Waals surface area (Å²) in [6.07, 6.45) is -6.75. The third-order valence-electron chi connectivity index (χ3n) is 1.29. The summed E-state index contributed by atoms with van der Waals surface area (Å²) in [5.74, 6) is -0.157. The molecule has 0 aliphatic rings. The fourth-order valence-electron chi connectivity index (χ4n) is 0.819. The van der Waals surface area contributed by atoms with E-state index < -0.39 is 19.0 Å². The van der Waals surface area contributed by atoms with E-state index in [-0.39, 0.29) is 18.3 Å². The van der Waals surface area contributed by atoms with Crippen molar-refractivity contribution in [3.63, 3.8) is 0 Å². The Morgan fingerprint density at radius 2 is 1.27 bits per heavy atom. The van der Waals surface area contributed by atoms with Gasteiger partial charge in [0.25, 0.3) is 0 Å². The number of hydrogen-bond acceptors (Lipinski definition) is 0. The van der Waals surface area contributed by atoms with Gasteiger partial charge in [-0.3, -0.25) is 0 Å². The molecule has 0 saturated heterocycles. The van der Waals surface area contributed by atoms with Crippen molar-refractivity contribution in [2.24, 2.45) is 11.8 Å². The summed E-state index contributed by atoms with van der Waals surface area (Å²) >= 11 is 0. The fourth-order valence-corrected chi connectivity index (χ4v) is 0.819. The highest BCUT2D eigenvalue weighted by molar-refractivity contribution is 4.52. The van der Waals surface area contributed by atoms with Gasteiger partial charge in [0.05, 0.1) is 0 Å². The highest BCUT2D eigenvalue weighted by Crippen LogP contribution is 2.23. The van der Waals surface area contributed by atoms with Crippen molar-refractivity contribution in [3.8, 4) is 0 Å². The van der Waals surface area contributed by atoms with Crippen molar-refractivity contribution < 1.29 is 22.0 Å². The Labute approximate surface area is 87.9 Å². The van der Waals surface area contributed by atoms with E-state index in [0.717, 1.165) is 0 Å². The van der Waals surface area contributed by atoms with E-state index in [0.29, 0.717) is 0 Å². The van der Waals surface area contributed by atoms with Crippen LogP contribution in [0.2, 0.25) is 0 Å². The Balaban J connectivity index is 0. The Morgan fingerprint density at radius 3 is 1.27 bits per heavy atom. The molecule has 5 heteroatoms. The highest BCUT2D eigenvalue weighted by atomic mass is 19.4. The molecule has 0 aliphatic heterocycles. The predicted octanol–water partition coefficient (Wildman–Crippen LogP) is 4.89. The van der Waals surface area contributed by atoms with Crippen LogP contribution < -0.4 is 0 Å². The summed E-state index contributed by atoms with van der Waals surface area (Å²) in [4.78, 5) is 0. The second-order valence-electron chi connectivity index (χ2n) is 4.23. The SMILES string of the molecule is CC(C)CC(F)(F)F.CC(C)CC(F)F. The molecule has 0 unspecified atom stereocenters. The lowest BCUT2D eigenvalue weighted by molar-refractivity contribution is -0.141. The fraction of sp³-hybridized carbons (Fsp3) is 1.00. The summed E-state index contributed by atoms with van der Waals surface area (Å²) in [5, 5.41) is 0. The number of alkyl halides is 5. The van der Waals surface area contributed by atoms with E-state index in [1.54, 1.807) is 27.7 Å². The van der Waals surface area contributed by atoms with Gasteiger partial charge in [-0.2, -0.15) is 13.2 Å². The van der Waals surface area contributed by atoms with Crippen LogP contribution in [-0.2, 0) is 0 Å². The minimum atomic E-state index is -3.98. The monoisotopic (exact) mass is 234 g/mol. The lowest BCUT2D eigenvalue weighted by atomic mass is 10.1. The van der Waals surface area contributed by atoms with Crippen LogP contribution >= 0.6 is 0 Å². The summed E-state index contributed by atoms with van der Waals surface area (Å²) in [6.45, 7) is 6.67. The molecule has 94 valence electrons. The van der Waals surface area contributed by atoms with Gasteiger partial charge in [-0.1, -0.05) is 27.7 Å². The molecule has 0 aromatic heterocycles. The van der Waals surface area contributed by atoms with E-state index in [4.69, 9.17) is 0 Å². The Kier molecular flexibility index (Phi) is 8.96. The molecule has 0 amide bonds. The topological polar surface area (TPSA) is 0 Å². The molecule has 0 radical (unpaired) electrons. The summed E-state index contributed by atoms with van der Waals surface area (Å²) in [5.41, 5.74) is 0. The van der Waals surface area contributed by atoms with Crippen molar-refractivity contribution in [3.05, 3.63) is 0 Å². The van der Waals surface area contributed by atoms with Gasteiger partial charge in [0.2, 0.25) is 6.43 Å². The van der Waals surface area contributed by atoms with Crippen molar-refractivity contribution >= 4 is 0 Å².